The molecule has 2 unspecified atom stereocenters. The Morgan fingerprint density at radius 1 is 1.25 bits per heavy atom. The Balaban J connectivity index is 2.20. The van der Waals surface area contributed by atoms with Crippen molar-refractivity contribution < 1.29 is 17.2 Å². The van der Waals surface area contributed by atoms with Gasteiger partial charge in [0.25, 0.3) is 0 Å². The van der Waals surface area contributed by atoms with E-state index in [-0.39, 0.29) is 11.8 Å². The molecule has 0 aliphatic carbocycles. The lowest BCUT2D eigenvalue weighted by Crippen LogP contribution is -2.46. The highest BCUT2D eigenvalue weighted by Gasteiger charge is 2.34. The Morgan fingerprint density at radius 2 is 1.90 bits per heavy atom. The predicted molar refractivity (Wildman–Crippen MR) is 74.3 cm³/mol. The zero-order valence-corrected chi connectivity index (χ0v) is 12.2. The fourth-order valence-electron chi connectivity index (χ4n) is 2.83. The minimum atomic E-state index is -3.13. The number of hydrogen-bond acceptors (Lipinski definition) is 3. The van der Waals surface area contributed by atoms with Crippen LogP contribution in [0, 0.1) is 11.6 Å². The van der Waals surface area contributed by atoms with Gasteiger partial charge in [-0.1, -0.05) is 6.42 Å². The van der Waals surface area contributed by atoms with Crippen LogP contribution in [0.1, 0.15) is 24.8 Å². The third-order valence-corrected chi connectivity index (χ3v) is 6.17. The van der Waals surface area contributed by atoms with E-state index in [9.17, 15) is 17.2 Å². The van der Waals surface area contributed by atoms with Crippen molar-refractivity contribution in [3.05, 3.63) is 35.4 Å². The van der Waals surface area contributed by atoms with E-state index >= 15 is 0 Å². The zero-order chi connectivity index (χ0) is 14.8. The molecular formula is C14H19F2NO2S. The zero-order valence-electron chi connectivity index (χ0n) is 11.4. The SMILES string of the molecule is CNC(Cc1cc(F)cc(F)c1)C1CCCCS1(=O)=O. The minimum Gasteiger partial charge on any atom is -0.315 e. The van der Waals surface area contributed by atoms with Crippen LogP contribution < -0.4 is 5.32 Å². The molecule has 1 aliphatic rings. The van der Waals surface area contributed by atoms with Crippen molar-refractivity contribution in [3.63, 3.8) is 0 Å². The first-order valence-electron chi connectivity index (χ1n) is 6.76. The minimum absolute atomic E-state index is 0.202. The van der Waals surface area contributed by atoms with Gasteiger partial charge in [-0.2, -0.15) is 0 Å². The molecule has 1 aromatic rings. The first-order valence-corrected chi connectivity index (χ1v) is 8.48. The van der Waals surface area contributed by atoms with Crippen molar-refractivity contribution in [2.75, 3.05) is 12.8 Å². The van der Waals surface area contributed by atoms with E-state index in [1.54, 1.807) is 7.05 Å². The fraction of sp³-hybridized carbons (Fsp3) is 0.571. The average Bonchev–Trinajstić information content (AvgIpc) is 2.35. The Hall–Kier alpha value is -1.01. The molecule has 1 N–H and O–H groups in total. The Morgan fingerprint density at radius 3 is 2.45 bits per heavy atom. The summed E-state index contributed by atoms with van der Waals surface area (Å²) in [7, 11) is -1.44. The summed E-state index contributed by atoms with van der Waals surface area (Å²) in [6.45, 7) is 0. The highest BCUT2D eigenvalue weighted by molar-refractivity contribution is 7.92. The van der Waals surface area contributed by atoms with Gasteiger partial charge >= 0.3 is 0 Å². The molecule has 3 nitrogen and oxygen atoms in total. The lowest BCUT2D eigenvalue weighted by Gasteiger charge is -2.30. The first kappa shape index (κ1) is 15.4. The number of sulfone groups is 1. The van der Waals surface area contributed by atoms with Crippen molar-refractivity contribution in [2.24, 2.45) is 0 Å². The molecule has 1 saturated heterocycles. The third-order valence-electron chi connectivity index (χ3n) is 3.83. The van der Waals surface area contributed by atoms with Crippen LogP contribution in [0.5, 0.6) is 0 Å². The highest BCUT2D eigenvalue weighted by atomic mass is 32.2. The van der Waals surface area contributed by atoms with Gasteiger partial charge < -0.3 is 5.32 Å². The van der Waals surface area contributed by atoms with Crippen LogP contribution in [0.4, 0.5) is 8.78 Å². The molecule has 0 saturated carbocycles. The van der Waals surface area contributed by atoms with Gasteiger partial charge in [-0.15, -0.1) is 0 Å². The number of likely N-dealkylation sites (N-methyl/N-ethyl adjacent to an activating group) is 1. The lowest BCUT2D eigenvalue weighted by atomic mass is 9.99. The summed E-state index contributed by atoms with van der Waals surface area (Å²) in [4.78, 5) is 0. The number of nitrogens with one attached hydrogen (secondary N) is 1. The Bertz CT molecular complexity index is 554. The third kappa shape index (κ3) is 3.55. The molecule has 2 rings (SSSR count). The molecule has 112 valence electrons. The molecule has 1 fully saturated rings. The van der Waals surface area contributed by atoms with E-state index in [1.165, 1.54) is 12.1 Å². The maximum Gasteiger partial charge on any atom is 0.154 e. The fourth-order valence-corrected chi connectivity index (χ4v) is 5.00. The summed E-state index contributed by atoms with van der Waals surface area (Å²) >= 11 is 0. The molecule has 1 aliphatic heterocycles. The molecule has 0 spiro atoms. The van der Waals surface area contributed by atoms with Gasteiger partial charge in [0.1, 0.15) is 11.6 Å². The van der Waals surface area contributed by atoms with Crippen LogP contribution in [0.15, 0.2) is 18.2 Å². The predicted octanol–water partition coefficient (Wildman–Crippen LogP) is 2.06. The molecule has 0 aromatic heterocycles. The molecule has 20 heavy (non-hydrogen) atoms. The molecule has 1 aromatic carbocycles. The highest BCUT2D eigenvalue weighted by Crippen LogP contribution is 2.24. The molecule has 6 heteroatoms. The van der Waals surface area contributed by atoms with Crippen LogP contribution in [-0.4, -0.2) is 32.5 Å². The normalized spacial score (nSPS) is 23.4. The quantitative estimate of drug-likeness (QED) is 0.926. The van der Waals surface area contributed by atoms with E-state index in [1.807, 2.05) is 0 Å². The van der Waals surface area contributed by atoms with E-state index in [0.29, 0.717) is 24.8 Å². The van der Waals surface area contributed by atoms with E-state index in [4.69, 9.17) is 0 Å². The molecule has 0 bridgehead atoms. The topological polar surface area (TPSA) is 46.2 Å². The maximum atomic E-state index is 13.2. The number of rotatable bonds is 4. The van der Waals surface area contributed by atoms with Crippen LogP contribution in [-0.2, 0) is 16.3 Å². The van der Waals surface area contributed by atoms with Crippen molar-refractivity contribution in [1.29, 1.82) is 0 Å². The summed E-state index contributed by atoms with van der Waals surface area (Å²) in [5.41, 5.74) is 0.475. The smallest absolute Gasteiger partial charge is 0.154 e. The molecule has 2 atom stereocenters. The van der Waals surface area contributed by atoms with Gasteiger partial charge in [-0.3, -0.25) is 0 Å². The molecule has 0 amide bonds. The molecular weight excluding hydrogens is 284 g/mol. The largest absolute Gasteiger partial charge is 0.315 e. The lowest BCUT2D eigenvalue weighted by molar-refractivity contribution is 0.455. The second-order valence-electron chi connectivity index (χ2n) is 5.28. The summed E-state index contributed by atoms with van der Waals surface area (Å²) < 4.78 is 50.6. The molecule has 0 radical (unpaired) electrons. The monoisotopic (exact) mass is 303 g/mol. The van der Waals surface area contributed by atoms with Crippen molar-refractivity contribution in [3.8, 4) is 0 Å². The van der Waals surface area contributed by atoms with Crippen LogP contribution in [0.25, 0.3) is 0 Å². The maximum absolute atomic E-state index is 13.2. The van der Waals surface area contributed by atoms with Crippen molar-refractivity contribution >= 4 is 9.84 Å². The van der Waals surface area contributed by atoms with Gasteiger partial charge in [0.15, 0.2) is 9.84 Å². The summed E-state index contributed by atoms with van der Waals surface area (Å²) in [5, 5.41) is 2.51. The Labute approximate surface area is 118 Å². The van der Waals surface area contributed by atoms with Gasteiger partial charge in [0.2, 0.25) is 0 Å². The summed E-state index contributed by atoms with van der Waals surface area (Å²) in [5.74, 6) is -1.07. The first-order chi connectivity index (χ1) is 9.42. The second-order valence-corrected chi connectivity index (χ2v) is 7.62. The number of benzene rings is 1. The van der Waals surface area contributed by atoms with Crippen LogP contribution in [0.3, 0.4) is 0 Å². The second kappa shape index (κ2) is 6.18. The summed E-state index contributed by atoms with van der Waals surface area (Å²) in [6, 6.07) is 3.00. The van der Waals surface area contributed by atoms with Gasteiger partial charge in [-0.05, 0) is 44.0 Å². The van der Waals surface area contributed by atoms with Crippen LogP contribution in [0.2, 0.25) is 0 Å². The Kier molecular flexibility index (Phi) is 4.75. The standard InChI is InChI=1S/C14H19F2NO2S/c1-17-13(14-4-2-3-5-20(14,18)19)8-10-6-11(15)9-12(16)7-10/h6-7,9,13-14,17H,2-5,8H2,1H3. The van der Waals surface area contributed by atoms with Crippen molar-refractivity contribution in [2.45, 2.75) is 37.0 Å². The van der Waals surface area contributed by atoms with Gasteiger partial charge in [-0.25, -0.2) is 17.2 Å². The number of halogens is 2. The van der Waals surface area contributed by atoms with Crippen LogP contribution >= 0.6 is 0 Å². The number of hydrogen-bond donors (Lipinski definition) is 1. The molecule has 1 heterocycles. The van der Waals surface area contributed by atoms with Gasteiger partial charge in [0.05, 0.1) is 11.0 Å². The van der Waals surface area contributed by atoms with E-state index in [0.717, 1.165) is 12.5 Å². The van der Waals surface area contributed by atoms with Crippen molar-refractivity contribution in [1.82, 2.24) is 5.32 Å². The van der Waals surface area contributed by atoms with E-state index in [2.05, 4.69) is 5.32 Å². The average molecular weight is 303 g/mol. The summed E-state index contributed by atoms with van der Waals surface area (Å²) in [6.07, 6.45) is 2.48. The van der Waals surface area contributed by atoms with E-state index < -0.39 is 26.7 Å². The van der Waals surface area contributed by atoms with Gasteiger partial charge in [0, 0.05) is 12.1 Å².